The Kier molecular flexibility index (Phi) is 7.54. The number of unbranched alkanes of at least 4 members (excludes halogenated alkanes) is 3. The van der Waals surface area contributed by atoms with Crippen LogP contribution in [0.25, 0.3) is 0 Å². The predicted molar refractivity (Wildman–Crippen MR) is 82.2 cm³/mol. The maximum atomic E-state index is 12.7. The predicted octanol–water partition coefficient (Wildman–Crippen LogP) is 3.53. The van der Waals surface area contributed by atoms with Crippen molar-refractivity contribution in [3.05, 3.63) is 30.1 Å². The van der Waals surface area contributed by atoms with Crippen LogP contribution in [0.1, 0.15) is 38.5 Å². The van der Waals surface area contributed by atoms with Gasteiger partial charge >= 0.3 is 0 Å². The van der Waals surface area contributed by atoms with Crippen molar-refractivity contribution in [1.29, 1.82) is 0 Å². The molecule has 2 rings (SSSR count). The lowest BCUT2D eigenvalue weighted by Gasteiger charge is -2.10. The van der Waals surface area contributed by atoms with Gasteiger partial charge < -0.3 is 14.8 Å². The van der Waals surface area contributed by atoms with Crippen LogP contribution in [0.15, 0.2) is 24.3 Å². The molecule has 1 aliphatic rings. The van der Waals surface area contributed by atoms with Crippen molar-refractivity contribution in [3.8, 4) is 5.75 Å². The minimum absolute atomic E-state index is 0.224. The van der Waals surface area contributed by atoms with Crippen LogP contribution >= 0.6 is 0 Å². The first-order valence-electron chi connectivity index (χ1n) is 8.05. The standard InChI is InChI=1S/C17H26FNO2/c18-15-7-9-16(10-8-15)20-12-4-2-1-3-11-19-14-17-6-5-13-21-17/h7-10,17,19H,1-6,11-14H2/t17-/m0/s1. The molecule has 1 fully saturated rings. The number of hydrogen-bond donors (Lipinski definition) is 1. The second kappa shape index (κ2) is 9.74. The highest BCUT2D eigenvalue weighted by atomic mass is 19.1. The van der Waals surface area contributed by atoms with Gasteiger partial charge in [-0.3, -0.25) is 0 Å². The number of nitrogens with one attached hydrogen (secondary N) is 1. The number of halogens is 1. The Balaban J connectivity index is 1.37. The molecule has 4 heteroatoms. The Morgan fingerprint density at radius 2 is 1.95 bits per heavy atom. The molecule has 0 unspecified atom stereocenters. The second-order valence-corrected chi connectivity index (χ2v) is 5.56. The zero-order valence-corrected chi connectivity index (χ0v) is 12.7. The van der Waals surface area contributed by atoms with E-state index >= 15 is 0 Å². The molecule has 0 aromatic heterocycles. The fourth-order valence-electron chi connectivity index (χ4n) is 2.49. The molecule has 0 aliphatic carbocycles. The summed E-state index contributed by atoms with van der Waals surface area (Å²) >= 11 is 0. The van der Waals surface area contributed by atoms with Gasteiger partial charge in [-0.1, -0.05) is 12.8 Å². The SMILES string of the molecule is Fc1ccc(OCCCCCCNC[C@@H]2CCCO2)cc1. The van der Waals surface area contributed by atoms with E-state index in [1.807, 2.05) is 0 Å². The van der Waals surface area contributed by atoms with Gasteiger partial charge in [-0.2, -0.15) is 0 Å². The molecule has 1 aliphatic heterocycles. The fraction of sp³-hybridized carbons (Fsp3) is 0.647. The van der Waals surface area contributed by atoms with E-state index in [9.17, 15) is 4.39 Å². The molecule has 0 bridgehead atoms. The number of benzene rings is 1. The molecule has 0 amide bonds. The minimum atomic E-state index is -0.224. The van der Waals surface area contributed by atoms with Gasteiger partial charge in [0.1, 0.15) is 11.6 Å². The number of rotatable bonds is 10. The number of hydrogen-bond acceptors (Lipinski definition) is 3. The third-order valence-corrected chi connectivity index (χ3v) is 3.73. The highest BCUT2D eigenvalue weighted by Crippen LogP contribution is 2.12. The van der Waals surface area contributed by atoms with Crippen molar-refractivity contribution in [2.45, 2.75) is 44.6 Å². The summed E-state index contributed by atoms with van der Waals surface area (Å²) in [5, 5.41) is 3.46. The Bertz CT molecular complexity index is 377. The lowest BCUT2D eigenvalue weighted by Crippen LogP contribution is -2.26. The first kappa shape index (κ1) is 16.2. The first-order chi connectivity index (χ1) is 10.3. The summed E-state index contributed by atoms with van der Waals surface area (Å²) in [6.07, 6.45) is 7.48. The van der Waals surface area contributed by atoms with Crippen LogP contribution in [0.5, 0.6) is 5.75 Å². The molecule has 1 heterocycles. The molecule has 0 radical (unpaired) electrons. The molecule has 21 heavy (non-hydrogen) atoms. The molecule has 118 valence electrons. The van der Waals surface area contributed by atoms with E-state index in [2.05, 4.69) is 5.32 Å². The van der Waals surface area contributed by atoms with Crippen molar-refractivity contribution in [1.82, 2.24) is 5.32 Å². The van der Waals surface area contributed by atoms with E-state index in [-0.39, 0.29) is 5.82 Å². The smallest absolute Gasteiger partial charge is 0.123 e. The lowest BCUT2D eigenvalue weighted by atomic mass is 10.2. The van der Waals surface area contributed by atoms with E-state index in [1.165, 1.54) is 44.2 Å². The third kappa shape index (κ3) is 6.91. The normalized spacial score (nSPS) is 18.0. The van der Waals surface area contributed by atoms with Gasteiger partial charge in [-0.05, 0) is 56.5 Å². The van der Waals surface area contributed by atoms with E-state index in [4.69, 9.17) is 9.47 Å². The van der Waals surface area contributed by atoms with Crippen LogP contribution < -0.4 is 10.1 Å². The highest BCUT2D eigenvalue weighted by molar-refractivity contribution is 5.21. The van der Waals surface area contributed by atoms with Crippen LogP contribution in [0, 0.1) is 5.82 Å². The van der Waals surface area contributed by atoms with Gasteiger partial charge in [0.2, 0.25) is 0 Å². The molecule has 0 spiro atoms. The van der Waals surface area contributed by atoms with Gasteiger partial charge in [0, 0.05) is 13.2 Å². The summed E-state index contributed by atoms with van der Waals surface area (Å²) in [7, 11) is 0. The van der Waals surface area contributed by atoms with Crippen LogP contribution in [0.3, 0.4) is 0 Å². The average Bonchev–Trinajstić information content (AvgIpc) is 3.01. The molecule has 1 aromatic carbocycles. The molecule has 3 nitrogen and oxygen atoms in total. The Morgan fingerprint density at radius 3 is 2.71 bits per heavy atom. The van der Waals surface area contributed by atoms with Crippen LogP contribution in [0.2, 0.25) is 0 Å². The van der Waals surface area contributed by atoms with Gasteiger partial charge in [0.25, 0.3) is 0 Å². The molecule has 0 saturated carbocycles. The van der Waals surface area contributed by atoms with Crippen LogP contribution in [-0.2, 0) is 4.74 Å². The summed E-state index contributed by atoms with van der Waals surface area (Å²) < 4.78 is 23.8. The summed E-state index contributed by atoms with van der Waals surface area (Å²) in [5.74, 6) is 0.521. The fourth-order valence-corrected chi connectivity index (χ4v) is 2.49. The molecule has 1 saturated heterocycles. The molecular weight excluding hydrogens is 269 g/mol. The highest BCUT2D eigenvalue weighted by Gasteiger charge is 2.13. The summed E-state index contributed by atoms with van der Waals surface area (Å²) in [4.78, 5) is 0. The minimum Gasteiger partial charge on any atom is -0.494 e. The molecular formula is C17H26FNO2. The lowest BCUT2D eigenvalue weighted by molar-refractivity contribution is 0.110. The van der Waals surface area contributed by atoms with Gasteiger partial charge in [0.15, 0.2) is 0 Å². The van der Waals surface area contributed by atoms with E-state index < -0.39 is 0 Å². The van der Waals surface area contributed by atoms with E-state index in [0.717, 1.165) is 31.9 Å². The van der Waals surface area contributed by atoms with Crippen molar-refractivity contribution < 1.29 is 13.9 Å². The summed E-state index contributed by atoms with van der Waals surface area (Å²) in [5.41, 5.74) is 0. The molecule has 1 atom stereocenters. The number of ether oxygens (including phenoxy) is 2. The second-order valence-electron chi connectivity index (χ2n) is 5.56. The van der Waals surface area contributed by atoms with Crippen LogP contribution in [-0.4, -0.2) is 32.4 Å². The van der Waals surface area contributed by atoms with Gasteiger partial charge in [0.05, 0.1) is 12.7 Å². The monoisotopic (exact) mass is 295 g/mol. The Hall–Kier alpha value is -1.13. The average molecular weight is 295 g/mol. The Labute approximate surface area is 126 Å². The van der Waals surface area contributed by atoms with Crippen molar-refractivity contribution in [3.63, 3.8) is 0 Å². The zero-order valence-electron chi connectivity index (χ0n) is 12.7. The van der Waals surface area contributed by atoms with Crippen LogP contribution in [0.4, 0.5) is 4.39 Å². The summed E-state index contributed by atoms with van der Waals surface area (Å²) in [6.45, 7) is 3.70. The maximum absolute atomic E-state index is 12.7. The Morgan fingerprint density at radius 1 is 1.14 bits per heavy atom. The topological polar surface area (TPSA) is 30.5 Å². The third-order valence-electron chi connectivity index (χ3n) is 3.73. The van der Waals surface area contributed by atoms with E-state index in [1.54, 1.807) is 12.1 Å². The summed E-state index contributed by atoms with van der Waals surface area (Å²) in [6, 6.07) is 6.19. The van der Waals surface area contributed by atoms with Gasteiger partial charge in [-0.15, -0.1) is 0 Å². The molecule has 1 aromatic rings. The van der Waals surface area contributed by atoms with Crippen molar-refractivity contribution >= 4 is 0 Å². The van der Waals surface area contributed by atoms with Crippen molar-refractivity contribution in [2.75, 3.05) is 26.3 Å². The first-order valence-corrected chi connectivity index (χ1v) is 8.05. The van der Waals surface area contributed by atoms with E-state index in [0.29, 0.717) is 12.7 Å². The van der Waals surface area contributed by atoms with Gasteiger partial charge in [-0.25, -0.2) is 4.39 Å². The largest absolute Gasteiger partial charge is 0.494 e. The molecule has 1 N–H and O–H groups in total. The quantitative estimate of drug-likeness (QED) is 0.670. The van der Waals surface area contributed by atoms with Crippen molar-refractivity contribution in [2.24, 2.45) is 0 Å². The maximum Gasteiger partial charge on any atom is 0.123 e. The zero-order chi connectivity index (χ0) is 14.8.